The number of carbonyl (C=O) groups is 2. The van der Waals surface area contributed by atoms with Gasteiger partial charge in [0.25, 0.3) is 0 Å². The van der Waals surface area contributed by atoms with Crippen molar-refractivity contribution in [1.82, 2.24) is 0 Å². The fourth-order valence-electron chi connectivity index (χ4n) is 3.83. The van der Waals surface area contributed by atoms with Crippen molar-refractivity contribution >= 4 is 11.9 Å². The SMILES string of the molecule is CCC(CC)(C(=O)OCC(C)CC(C)(C)C)C(=O)OCC(C)CC(C)(C)C. The molecule has 0 aromatic carbocycles. The highest BCUT2D eigenvalue weighted by molar-refractivity contribution is 6.00. The topological polar surface area (TPSA) is 52.6 Å². The first-order valence-electron chi connectivity index (χ1n) is 10.5. The quantitative estimate of drug-likeness (QED) is 0.341. The predicted molar refractivity (Wildman–Crippen MR) is 111 cm³/mol. The maximum atomic E-state index is 12.8. The number of hydrogen-bond donors (Lipinski definition) is 0. The lowest BCUT2D eigenvalue weighted by molar-refractivity contribution is -0.175. The van der Waals surface area contributed by atoms with Crippen molar-refractivity contribution in [2.75, 3.05) is 13.2 Å². The molecule has 0 aliphatic carbocycles. The summed E-state index contributed by atoms with van der Waals surface area (Å²) in [5, 5.41) is 0. The van der Waals surface area contributed by atoms with Gasteiger partial charge in [0.2, 0.25) is 0 Å². The highest BCUT2D eigenvalue weighted by Crippen LogP contribution is 2.32. The van der Waals surface area contributed by atoms with Crippen LogP contribution in [0.5, 0.6) is 0 Å². The Hall–Kier alpha value is -1.06. The van der Waals surface area contributed by atoms with Crippen molar-refractivity contribution in [1.29, 1.82) is 0 Å². The standard InChI is InChI=1S/C23H44O4/c1-11-23(12-2,19(24)26-15-17(3)13-21(5,6)7)20(25)27-16-18(4)14-22(8,9)10/h17-18H,11-16H2,1-10H3. The largest absolute Gasteiger partial charge is 0.465 e. The highest BCUT2D eigenvalue weighted by atomic mass is 16.6. The summed E-state index contributed by atoms with van der Waals surface area (Å²) < 4.78 is 11.1. The molecule has 0 aliphatic heterocycles. The molecule has 0 saturated heterocycles. The van der Waals surface area contributed by atoms with Crippen molar-refractivity contribution in [2.24, 2.45) is 28.1 Å². The van der Waals surface area contributed by atoms with Crippen LogP contribution in [0.4, 0.5) is 0 Å². The van der Waals surface area contributed by atoms with Gasteiger partial charge in [0.05, 0.1) is 13.2 Å². The zero-order valence-corrected chi connectivity index (χ0v) is 19.5. The third-order valence-corrected chi connectivity index (χ3v) is 4.91. The van der Waals surface area contributed by atoms with Gasteiger partial charge in [0.1, 0.15) is 0 Å². The Balaban J connectivity index is 4.88. The summed E-state index contributed by atoms with van der Waals surface area (Å²) in [4.78, 5) is 25.6. The molecule has 0 aliphatic rings. The van der Waals surface area contributed by atoms with Gasteiger partial charge in [-0.1, -0.05) is 69.2 Å². The van der Waals surface area contributed by atoms with Gasteiger partial charge in [-0.05, 0) is 48.3 Å². The van der Waals surface area contributed by atoms with Gasteiger partial charge in [-0.25, -0.2) is 0 Å². The van der Waals surface area contributed by atoms with E-state index >= 15 is 0 Å². The lowest BCUT2D eigenvalue weighted by Crippen LogP contribution is -2.42. The molecule has 2 atom stereocenters. The van der Waals surface area contributed by atoms with Gasteiger partial charge >= 0.3 is 11.9 Å². The number of rotatable bonds is 10. The molecule has 0 fully saturated rings. The summed E-state index contributed by atoms with van der Waals surface area (Å²) in [5.74, 6) is -0.380. The molecule has 4 heteroatoms. The van der Waals surface area contributed by atoms with E-state index in [-0.39, 0.29) is 22.7 Å². The fourth-order valence-corrected chi connectivity index (χ4v) is 3.83. The van der Waals surface area contributed by atoms with E-state index in [4.69, 9.17) is 9.47 Å². The molecule has 0 amide bonds. The van der Waals surface area contributed by atoms with E-state index in [1.807, 2.05) is 13.8 Å². The first-order valence-corrected chi connectivity index (χ1v) is 10.5. The molecule has 160 valence electrons. The molecule has 0 rings (SSSR count). The van der Waals surface area contributed by atoms with Crippen LogP contribution in [-0.2, 0) is 19.1 Å². The van der Waals surface area contributed by atoms with Crippen LogP contribution in [0.2, 0.25) is 0 Å². The first-order chi connectivity index (χ1) is 12.2. The molecule has 0 radical (unpaired) electrons. The van der Waals surface area contributed by atoms with Crippen LogP contribution >= 0.6 is 0 Å². The normalized spacial score (nSPS) is 15.2. The molecular formula is C23H44O4. The smallest absolute Gasteiger partial charge is 0.323 e. The van der Waals surface area contributed by atoms with Crippen LogP contribution in [0.3, 0.4) is 0 Å². The monoisotopic (exact) mass is 384 g/mol. The van der Waals surface area contributed by atoms with Gasteiger partial charge in [0.15, 0.2) is 5.41 Å². The second-order valence-corrected chi connectivity index (χ2v) is 10.7. The molecule has 0 aromatic rings. The molecule has 0 aromatic heterocycles. The maximum absolute atomic E-state index is 12.8. The van der Waals surface area contributed by atoms with E-state index in [1.54, 1.807) is 0 Å². The molecule has 0 bridgehead atoms. The minimum atomic E-state index is -1.19. The predicted octanol–water partition coefficient (Wildman–Crippen LogP) is 6.02. The molecule has 0 heterocycles. The van der Waals surface area contributed by atoms with Crippen LogP contribution in [0, 0.1) is 28.1 Å². The van der Waals surface area contributed by atoms with Gasteiger partial charge < -0.3 is 9.47 Å². The van der Waals surface area contributed by atoms with E-state index in [2.05, 4.69) is 55.4 Å². The average Bonchev–Trinajstić information content (AvgIpc) is 2.49. The molecular weight excluding hydrogens is 340 g/mol. The lowest BCUT2D eigenvalue weighted by Gasteiger charge is -2.30. The van der Waals surface area contributed by atoms with Crippen LogP contribution in [0.25, 0.3) is 0 Å². The summed E-state index contributed by atoms with van der Waals surface area (Å²) in [6.45, 7) is 21.5. The zero-order chi connectivity index (χ0) is 21.5. The summed E-state index contributed by atoms with van der Waals surface area (Å²) in [6.07, 6.45) is 2.70. The number of esters is 2. The molecule has 0 spiro atoms. The minimum absolute atomic E-state index is 0.181. The third kappa shape index (κ3) is 9.62. The third-order valence-electron chi connectivity index (χ3n) is 4.91. The van der Waals surface area contributed by atoms with Gasteiger partial charge in [0, 0.05) is 0 Å². The zero-order valence-electron chi connectivity index (χ0n) is 19.5. The van der Waals surface area contributed by atoms with Crippen LogP contribution < -0.4 is 0 Å². The van der Waals surface area contributed by atoms with Crippen molar-refractivity contribution in [2.45, 2.75) is 94.9 Å². The molecule has 4 nitrogen and oxygen atoms in total. The van der Waals surface area contributed by atoms with Crippen molar-refractivity contribution in [3.05, 3.63) is 0 Å². The van der Waals surface area contributed by atoms with Crippen molar-refractivity contribution in [3.8, 4) is 0 Å². The Labute approximate surface area is 167 Å². The number of carbonyl (C=O) groups excluding carboxylic acids is 2. The van der Waals surface area contributed by atoms with Crippen molar-refractivity contribution < 1.29 is 19.1 Å². The average molecular weight is 385 g/mol. The maximum Gasteiger partial charge on any atom is 0.323 e. The van der Waals surface area contributed by atoms with E-state index in [1.165, 1.54) is 0 Å². The number of ether oxygens (including phenoxy) is 2. The van der Waals surface area contributed by atoms with E-state index in [9.17, 15) is 9.59 Å². The van der Waals surface area contributed by atoms with E-state index in [0.29, 0.717) is 26.1 Å². The Morgan fingerprint density at radius 2 is 1.00 bits per heavy atom. The van der Waals surface area contributed by atoms with Gasteiger partial charge in [-0.2, -0.15) is 0 Å². The first kappa shape index (κ1) is 25.9. The Morgan fingerprint density at radius 1 is 0.704 bits per heavy atom. The number of hydrogen-bond acceptors (Lipinski definition) is 4. The highest BCUT2D eigenvalue weighted by Gasteiger charge is 2.46. The second kappa shape index (κ2) is 10.5. The van der Waals surface area contributed by atoms with E-state index in [0.717, 1.165) is 12.8 Å². The van der Waals surface area contributed by atoms with Crippen LogP contribution in [-0.4, -0.2) is 25.2 Å². The summed E-state index contributed by atoms with van der Waals surface area (Å²) >= 11 is 0. The summed E-state index contributed by atoms with van der Waals surface area (Å²) in [5.41, 5.74) is -0.829. The molecule has 27 heavy (non-hydrogen) atoms. The van der Waals surface area contributed by atoms with Crippen molar-refractivity contribution in [3.63, 3.8) is 0 Å². The Morgan fingerprint density at radius 3 is 1.22 bits per heavy atom. The van der Waals surface area contributed by atoms with Gasteiger partial charge in [-0.15, -0.1) is 0 Å². The Kier molecular flexibility index (Phi) is 10.1. The van der Waals surface area contributed by atoms with Gasteiger partial charge in [-0.3, -0.25) is 9.59 Å². The minimum Gasteiger partial charge on any atom is -0.465 e. The molecule has 0 N–H and O–H groups in total. The van der Waals surface area contributed by atoms with Crippen LogP contribution in [0.15, 0.2) is 0 Å². The van der Waals surface area contributed by atoms with Crippen LogP contribution in [0.1, 0.15) is 94.9 Å². The second-order valence-electron chi connectivity index (χ2n) is 10.7. The fraction of sp³-hybridized carbons (Fsp3) is 0.913. The Bertz CT molecular complexity index is 424. The van der Waals surface area contributed by atoms with E-state index < -0.39 is 17.4 Å². The summed E-state index contributed by atoms with van der Waals surface area (Å²) in [6, 6.07) is 0. The summed E-state index contributed by atoms with van der Waals surface area (Å²) in [7, 11) is 0. The lowest BCUT2D eigenvalue weighted by atomic mass is 9.82. The molecule has 0 saturated carbocycles. The molecule has 2 unspecified atom stereocenters.